The third-order valence-corrected chi connectivity index (χ3v) is 5.12. The number of nitrogens with zero attached hydrogens (tertiary/aromatic N) is 7. The van der Waals surface area contributed by atoms with Crippen LogP contribution in [0.4, 0.5) is 11.9 Å². The average Bonchev–Trinajstić information content (AvgIpc) is 3.18. The Hall–Kier alpha value is -3.49. The molecule has 4 rings (SSSR count). The number of benzene rings is 2. The van der Waals surface area contributed by atoms with Gasteiger partial charge in [-0.1, -0.05) is 41.9 Å². The number of nitrogens with two attached hydrogens (primary N) is 1. The number of nitrogen functional groups attached to an aromatic ring is 1. The van der Waals surface area contributed by atoms with Gasteiger partial charge in [0.15, 0.2) is 0 Å². The van der Waals surface area contributed by atoms with Gasteiger partial charge in [-0.15, -0.1) is 0 Å². The van der Waals surface area contributed by atoms with Crippen molar-refractivity contribution in [1.29, 1.82) is 0 Å². The zero-order valence-corrected chi connectivity index (χ0v) is 19.0. The van der Waals surface area contributed by atoms with E-state index in [1.807, 2.05) is 85.3 Å². The van der Waals surface area contributed by atoms with E-state index >= 15 is 0 Å². The minimum absolute atomic E-state index is 0.214. The Bertz CT molecular complexity index is 1190. The Labute approximate surface area is 192 Å². The molecular formula is C23H25ClN8. The van der Waals surface area contributed by atoms with E-state index in [0.717, 1.165) is 22.5 Å². The van der Waals surface area contributed by atoms with Gasteiger partial charge in [0.05, 0.1) is 17.9 Å². The number of hydrogen-bond donors (Lipinski definition) is 1. The Kier molecular flexibility index (Phi) is 6.34. The standard InChI is InChI=1S/C23H25ClN8/c1-30(2)23-27-20(26-22(25)28-23)15-31(3)13-17-14-32(19-7-5-4-6-8-19)29-21(17)16-9-11-18(24)12-10-16/h4-12,14H,13,15H2,1-3H3,(H2,25,26,27,28). The smallest absolute Gasteiger partial charge is 0.229 e. The highest BCUT2D eigenvalue weighted by atomic mass is 35.5. The third-order valence-electron chi connectivity index (χ3n) is 4.87. The lowest BCUT2D eigenvalue weighted by Crippen LogP contribution is -2.22. The Morgan fingerprint density at radius 2 is 1.62 bits per heavy atom. The van der Waals surface area contributed by atoms with Crippen LogP contribution in [-0.2, 0) is 13.1 Å². The van der Waals surface area contributed by atoms with Crippen LogP contribution in [0.5, 0.6) is 0 Å². The zero-order chi connectivity index (χ0) is 22.7. The summed E-state index contributed by atoms with van der Waals surface area (Å²) < 4.78 is 1.90. The fourth-order valence-corrected chi connectivity index (χ4v) is 3.50. The fourth-order valence-electron chi connectivity index (χ4n) is 3.37. The van der Waals surface area contributed by atoms with E-state index in [2.05, 4.69) is 26.0 Å². The lowest BCUT2D eigenvalue weighted by Gasteiger charge is -2.17. The first-order chi connectivity index (χ1) is 15.4. The molecular weight excluding hydrogens is 424 g/mol. The largest absolute Gasteiger partial charge is 0.368 e. The zero-order valence-electron chi connectivity index (χ0n) is 18.3. The first kappa shape index (κ1) is 21.7. The van der Waals surface area contributed by atoms with Gasteiger partial charge < -0.3 is 10.6 Å². The summed E-state index contributed by atoms with van der Waals surface area (Å²) in [5, 5.41) is 5.56. The van der Waals surface area contributed by atoms with Crippen LogP contribution in [0, 0.1) is 0 Å². The maximum absolute atomic E-state index is 6.10. The maximum Gasteiger partial charge on any atom is 0.229 e. The van der Waals surface area contributed by atoms with Crippen LogP contribution in [0.25, 0.3) is 16.9 Å². The highest BCUT2D eigenvalue weighted by Gasteiger charge is 2.16. The predicted octanol–water partition coefficient (Wildman–Crippen LogP) is 3.66. The van der Waals surface area contributed by atoms with Gasteiger partial charge in [0.1, 0.15) is 5.82 Å². The van der Waals surface area contributed by atoms with Crippen molar-refractivity contribution >= 4 is 23.5 Å². The minimum Gasteiger partial charge on any atom is -0.368 e. The fraction of sp³-hybridized carbons (Fsp3) is 0.217. The van der Waals surface area contributed by atoms with Crippen molar-refractivity contribution in [3.63, 3.8) is 0 Å². The Morgan fingerprint density at radius 3 is 2.31 bits per heavy atom. The molecule has 2 aromatic carbocycles. The van der Waals surface area contributed by atoms with E-state index in [1.54, 1.807) is 0 Å². The van der Waals surface area contributed by atoms with Crippen LogP contribution in [-0.4, -0.2) is 50.8 Å². The van der Waals surface area contributed by atoms with E-state index in [1.165, 1.54) is 0 Å². The van der Waals surface area contributed by atoms with Crippen LogP contribution in [0.15, 0.2) is 60.8 Å². The summed E-state index contributed by atoms with van der Waals surface area (Å²) in [4.78, 5) is 16.9. The van der Waals surface area contributed by atoms with Gasteiger partial charge in [-0.3, -0.25) is 4.90 Å². The van der Waals surface area contributed by atoms with Gasteiger partial charge in [-0.25, -0.2) is 4.68 Å². The SMILES string of the molecule is CN(Cc1nc(N)nc(N(C)C)n1)Cc1cn(-c2ccccc2)nc1-c1ccc(Cl)cc1. The molecule has 0 amide bonds. The highest BCUT2D eigenvalue weighted by Crippen LogP contribution is 2.26. The quantitative estimate of drug-likeness (QED) is 0.461. The van der Waals surface area contributed by atoms with Crippen LogP contribution in [0.2, 0.25) is 5.02 Å². The second-order valence-electron chi connectivity index (χ2n) is 7.77. The van der Waals surface area contributed by atoms with Gasteiger partial charge in [0, 0.05) is 43.0 Å². The summed E-state index contributed by atoms with van der Waals surface area (Å²) in [5.41, 5.74) is 9.86. The molecule has 32 heavy (non-hydrogen) atoms. The summed E-state index contributed by atoms with van der Waals surface area (Å²) in [5.74, 6) is 1.37. The Morgan fingerprint density at radius 1 is 0.906 bits per heavy atom. The molecule has 9 heteroatoms. The number of para-hydroxylation sites is 1. The first-order valence-electron chi connectivity index (χ1n) is 10.2. The molecule has 2 N–H and O–H groups in total. The molecule has 0 aliphatic carbocycles. The van der Waals surface area contributed by atoms with Gasteiger partial charge in [0.25, 0.3) is 0 Å². The number of hydrogen-bond acceptors (Lipinski definition) is 7. The van der Waals surface area contributed by atoms with Crippen LogP contribution < -0.4 is 10.6 Å². The lowest BCUT2D eigenvalue weighted by molar-refractivity contribution is 0.311. The van der Waals surface area contributed by atoms with Crippen molar-refractivity contribution in [2.45, 2.75) is 13.1 Å². The summed E-state index contributed by atoms with van der Waals surface area (Å²) in [6, 6.07) is 17.8. The molecule has 2 heterocycles. The minimum atomic E-state index is 0.214. The number of halogens is 1. The number of rotatable bonds is 7. The number of anilines is 2. The second kappa shape index (κ2) is 9.33. The molecule has 0 fully saturated rings. The molecule has 0 saturated heterocycles. The van der Waals surface area contributed by atoms with E-state index < -0.39 is 0 Å². The topological polar surface area (TPSA) is 89.0 Å². The molecule has 0 unspecified atom stereocenters. The third kappa shape index (κ3) is 5.04. The van der Waals surface area contributed by atoms with Gasteiger partial charge in [-0.2, -0.15) is 20.1 Å². The molecule has 0 spiro atoms. The first-order valence-corrected chi connectivity index (χ1v) is 10.5. The van der Waals surface area contributed by atoms with Gasteiger partial charge in [0.2, 0.25) is 11.9 Å². The average molecular weight is 449 g/mol. The van der Waals surface area contributed by atoms with Crippen molar-refractivity contribution in [2.75, 3.05) is 31.8 Å². The summed E-state index contributed by atoms with van der Waals surface area (Å²) in [6.45, 7) is 1.16. The van der Waals surface area contributed by atoms with Gasteiger partial charge in [-0.05, 0) is 31.3 Å². The maximum atomic E-state index is 6.10. The van der Waals surface area contributed by atoms with E-state index in [9.17, 15) is 0 Å². The molecule has 0 bridgehead atoms. The molecule has 0 atom stereocenters. The summed E-state index contributed by atoms with van der Waals surface area (Å²) >= 11 is 6.10. The van der Waals surface area contributed by atoms with E-state index in [0.29, 0.717) is 29.9 Å². The molecule has 0 aliphatic heterocycles. The van der Waals surface area contributed by atoms with Crippen LogP contribution in [0.1, 0.15) is 11.4 Å². The van der Waals surface area contributed by atoms with Crippen molar-refractivity contribution < 1.29 is 0 Å². The van der Waals surface area contributed by atoms with Crippen molar-refractivity contribution in [1.82, 2.24) is 29.6 Å². The lowest BCUT2D eigenvalue weighted by atomic mass is 10.1. The van der Waals surface area contributed by atoms with E-state index in [-0.39, 0.29) is 5.95 Å². The van der Waals surface area contributed by atoms with E-state index in [4.69, 9.17) is 22.4 Å². The predicted molar refractivity (Wildman–Crippen MR) is 128 cm³/mol. The molecule has 0 aliphatic rings. The highest BCUT2D eigenvalue weighted by molar-refractivity contribution is 6.30. The molecule has 8 nitrogen and oxygen atoms in total. The monoisotopic (exact) mass is 448 g/mol. The normalized spacial score (nSPS) is 11.2. The second-order valence-corrected chi connectivity index (χ2v) is 8.20. The molecule has 4 aromatic rings. The van der Waals surface area contributed by atoms with Crippen molar-refractivity contribution in [3.05, 3.63) is 77.2 Å². The van der Waals surface area contributed by atoms with Crippen molar-refractivity contribution in [3.8, 4) is 16.9 Å². The summed E-state index contributed by atoms with van der Waals surface area (Å²) in [7, 11) is 5.76. The molecule has 164 valence electrons. The van der Waals surface area contributed by atoms with Gasteiger partial charge >= 0.3 is 0 Å². The molecule has 0 saturated carbocycles. The van der Waals surface area contributed by atoms with Crippen LogP contribution >= 0.6 is 11.6 Å². The molecule has 2 aromatic heterocycles. The Balaban J connectivity index is 1.63. The molecule has 0 radical (unpaired) electrons. The number of aromatic nitrogens is 5. The summed E-state index contributed by atoms with van der Waals surface area (Å²) in [6.07, 6.45) is 2.06. The van der Waals surface area contributed by atoms with Crippen molar-refractivity contribution in [2.24, 2.45) is 0 Å². The van der Waals surface area contributed by atoms with Crippen LogP contribution in [0.3, 0.4) is 0 Å².